The molecular formula is C11H16BrN3O2. The van der Waals surface area contributed by atoms with Gasteiger partial charge in [-0.25, -0.2) is 4.98 Å². The van der Waals surface area contributed by atoms with Crippen molar-refractivity contribution in [1.82, 2.24) is 10.3 Å². The topological polar surface area (TPSA) is 63.2 Å². The summed E-state index contributed by atoms with van der Waals surface area (Å²) in [5.74, 6) is 0.427. The number of anilines is 1. The second-order valence-electron chi connectivity index (χ2n) is 3.40. The summed E-state index contributed by atoms with van der Waals surface area (Å²) in [7, 11) is 3.37. The smallest absolute Gasteiger partial charge is 0.255 e. The number of aromatic nitrogens is 1. The highest BCUT2D eigenvalue weighted by Crippen LogP contribution is 2.17. The molecule has 0 aliphatic rings. The molecule has 94 valence electrons. The molecule has 1 aromatic heterocycles. The van der Waals surface area contributed by atoms with Crippen molar-refractivity contribution in [3.8, 4) is 0 Å². The van der Waals surface area contributed by atoms with E-state index in [1.54, 1.807) is 26.4 Å². The Morgan fingerprint density at radius 2 is 2.35 bits per heavy atom. The molecule has 0 saturated carbocycles. The van der Waals surface area contributed by atoms with E-state index in [0.717, 1.165) is 10.9 Å². The molecule has 0 saturated heterocycles. The van der Waals surface area contributed by atoms with Gasteiger partial charge in [-0.1, -0.05) is 0 Å². The molecule has 0 aliphatic carbocycles. The van der Waals surface area contributed by atoms with E-state index in [-0.39, 0.29) is 5.91 Å². The molecule has 1 rings (SSSR count). The molecule has 5 nitrogen and oxygen atoms in total. The summed E-state index contributed by atoms with van der Waals surface area (Å²) >= 11 is 3.30. The Balaban J connectivity index is 2.64. The third-order valence-corrected chi connectivity index (χ3v) is 2.58. The van der Waals surface area contributed by atoms with E-state index >= 15 is 0 Å². The Bertz CT molecular complexity index is 385. The fraction of sp³-hybridized carbons (Fsp3) is 0.455. The number of pyridine rings is 1. The number of hydrogen-bond donors (Lipinski definition) is 2. The van der Waals surface area contributed by atoms with Crippen LogP contribution in [0.5, 0.6) is 0 Å². The summed E-state index contributed by atoms with van der Waals surface area (Å²) in [5, 5.41) is 5.70. The summed E-state index contributed by atoms with van der Waals surface area (Å²) in [6.07, 6.45) is 2.44. The van der Waals surface area contributed by atoms with Crippen LogP contribution < -0.4 is 10.6 Å². The van der Waals surface area contributed by atoms with Crippen molar-refractivity contribution in [1.29, 1.82) is 0 Å². The number of hydrogen-bond acceptors (Lipinski definition) is 4. The van der Waals surface area contributed by atoms with Gasteiger partial charge in [-0.2, -0.15) is 0 Å². The monoisotopic (exact) mass is 301 g/mol. The predicted molar refractivity (Wildman–Crippen MR) is 70.3 cm³/mol. The van der Waals surface area contributed by atoms with Gasteiger partial charge in [-0.3, -0.25) is 4.79 Å². The largest absolute Gasteiger partial charge is 0.385 e. The number of carbonyl (C=O) groups excluding carboxylic acids is 1. The Kier molecular flexibility index (Phi) is 5.93. The van der Waals surface area contributed by atoms with Gasteiger partial charge in [0.2, 0.25) is 0 Å². The molecule has 0 bridgehead atoms. The summed E-state index contributed by atoms with van der Waals surface area (Å²) in [6, 6.07) is 1.74. The third-order valence-electron chi connectivity index (χ3n) is 2.15. The van der Waals surface area contributed by atoms with Crippen molar-refractivity contribution in [3.05, 3.63) is 22.3 Å². The standard InChI is InChI=1S/C11H16BrN3O2/c1-13-10-9(6-8(12)7-15-10)11(16)14-4-3-5-17-2/h6-7H,3-5H2,1-2H3,(H,13,15)(H,14,16). The quantitative estimate of drug-likeness (QED) is 0.784. The minimum absolute atomic E-state index is 0.140. The zero-order valence-corrected chi connectivity index (χ0v) is 11.5. The van der Waals surface area contributed by atoms with E-state index in [1.165, 1.54) is 0 Å². The van der Waals surface area contributed by atoms with Crippen molar-refractivity contribution in [2.45, 2.75) is 6.42 Å². The summed E-state index contributed by atoms with van der Waals surface area (Å²) in [4.78, 5) is 16.0. The van der Waals surface area contributed by atoms with Crippen LogP contribution in [-0.2, 0) is 4.74 Å². The molecule has 6 heteroatoms. The minimum atomic E-state index is -0.140. The summed E-state index contributed by atoms with van der Waals surface area (Å²) in [6.45, 7) is 1.22. The van der Waals surface area contributed by atoms with Crippen LogP contribution in [0.1, 0.15) is 16.8 Å². The maximum atomic E-state index is 11.9. The highest BCUT2D eigenvalue weighted by Gasteiger charge is 2.11. The van der Waals surface area contributed by atoms with Crippen LogP contribution in [-0.4, -0.2) is 38.2 Å². The lowest BCUT2D eigenvalue weighted by molar-refractivity contribution is 0.0949. The van der Waals surface area contributed by atoms with E-state index in [0.29, 0.717) is 24.5 Å². The first-order valence-corrected chi connectivity index (χ1v) is 6.08. The van der Waals surface area contributed by atoms with E-state index in [2.05, 4.69) is 31.5 Å². The molecule has 17 heavy (non-hydrogen) atoms. The van der Waals surface area contributed by atoms with Crippen molar-refractivity contribution >= 4 is 27.7 Å². The van der Waals surface area contributed by atoms with Gasteiger partial charge >= 0.3 is 0 Å². The number of ether oxygens (including phenoxy) is 1. The van der Waals surface area contributed by atoms with Crippen molar-refractivity contribution < 1.29 is 9.53 Å². The second-order valence-corrected chi connectivity index (χ2v) is 4.32. The molecule has 0 unspecified atom stereocenters. The maximum Gasteiger partial charge on any atom is 0.255 e. The molecule has 0 aromatic carbocycles. The van der Waals surface area contributed by atoms with Gasteiger partial charge < -0.3 is 15.4 Å². The van der Waals surface area contributed by atoms with E-state index in [9.17, 15) is 4.79 Å². The molecule has 2 N–H and O–H groups in total. The predicted octanol–water partition coefficient (Wildman–Crippen LogP) is 1.65. The Hall–Kier alpha value is -1.14. The molecule has 0 fully saturated rings. The first kappa shape index (κ1) is 13.9. The lowest BCUT2D eigenvalue weighted by Gasteiger charge is -2.09. The van der Waals surface area contributed by atoms with Gasteiger partial charge in [0.05, 0.1) is 5.56 Å². The van der Waals surface area contributed by atoms with Crippen LogP contribution in [0.2, 0.25) is 0 Å². The normalized spacial score (nSPS) is 10.1. The number of methoxy groups -OCH3 is 1. The van der Waals surface area contributed by atoms with E-state index < -0.39 is 0 Å². The molecular weight excluding hydrogens is 286 g/mol. The van der Waals surface area contributed by atoms with Gasteiger partial charge in [0.1, 0.15) is 5.82 Å². The Morgan fingerprint density at radius 1 is 1.59 bits per heavy atom. The minimum Gasteiger partial charge on any atom is -0.385 e. The molecule has 1 aromatic rings. The number of nitrogens with zero attached hydrogens (tertiary/aromatic N) is 1. The average Bonchev–Trinajstić information content (AvgIpc) is 2.34. The van der Waals surface area contributed by atoms with Gasteiger partial charge in [0.25, 0.3) is 5.91 Å². The molecule has 1 heterocycles. The summed E-state index contributed by atoms with van der Waals surface area (Å²) < 4.78 is 5.69. The number of nitrogens with one attached hydrogen (secondary N) is 2. The van der Waals surface area contributed by atoms with Crippen LogP contribution in [0.25, 0.3) is 0 Å². The number of rotatable bonds is 6. The van der Waals surface area contributed by atoms with Gasteiger partial charge in [-0.15, -0.1) is 0 Å². The third kappa shape index (κ3) is 4.32. The van der Waals surface area contributed by atoms with Crippen LogP contribution in [0.4, 0.5) is 5.82 Å². The average molecular weight is 302 g/mol. The molecule has 0 aliphatic heterocycles. The van der Waals surface area contributed by atoms with Crippen molar-refractivity contribution in [2.75, 3.05) is 32.6 Å². The number of halogens is 1. The fourth-order valence-corrected chi connectivity index (χ4v) is 1.66. The van der Waals surface area contributed by atoms with Crippen LogP contribution in [0.15, 0.2) is 16.7 Å². The first-order chi connectivity index (χ1) is 8.19. The maximum absolute atomic E-state index is 11.9. The molecule has 0 atom stereocenters. The summed E-state index contributed by atoms with van der Waals surface area (Å²) in [5.41, 5.74) is 0.527. The SMILES string of the molecule is CNc1ncc(Br)cc1C(=O)NCCCOC. The lowest BCUT2D eigenvalue weighted by atomic mass is 10.2. The van der Waals surface area contributed by atoms with Gasteiger partial charge in [0, 0.05) is 38.0 Å². The zero-order chi connectivity index (χ0) is 12.7. The zero-order valence-electron chi connectivity index (χ0n) is 9.92. The van der Waals surface area contributed by atoms with Crippen LogP contribution in [0.3, 0.4) is 0 Å². The molecule has 1 amide bonds. The van der Waals surface area contributed by atoms with Crippen LogP contribution in [0, 0.1) is 0 Å². The fourth-order valence-electron chi connectivity index (χ4n) is 1.33. The van der Waals surface area contributed by atoms with Crippen molar-refractivity contribution in [3.63, 3.8) is 0 Å². The van der Waals surface area contributed by atoms with E-state index in [4.69, 9.17) is 4.74 Å². The Labute approximate surface area is 109 Å². The number of carbonyl (C=O) groups is 1. The highest BCUT2D eigenvalue weighted by molar-refractivity contribution is 9.10. The van der Waals surface area contributed by atoms with Gasteiger partial charge in [-0.05, 0) is 28.4 Å². The second kappa shape index (κ2) is 7.24. The first-order valence-electron chi connectivity index (χ1n) is 5.29. The molecule has 0 spiro atoms. The molecule has 0 radical (unpaired) electrons. The van der Waals surface area contributed by atoms with Gasteiger partial charge in [0.15, 0.2) is 0 Å². The highest BCUT2D eigenvalue weighted by atomic mass is 79.9. The van der Waals surface area contributed by atoms with E-state index in [1.807, 2.05) is 0 Å². The number of amides is 1. The van der Waals surface area contributed by atoms with Crippen molar-refractivity contribution in [2.24, 2.45) is 0 Å². The Morgan fingerprint density at radius 3 is 3.00 bits per heavy atom. The lowest BCUT2D eigenvalue weighted by Crippen LogP contribution is -2.26. The van der Waals surface area contributed by atoms with Crippen LogP contribution >= 0.6 is 15.9 Å².